The van der Waals surface area contributed by atoms with Gasteiger partial charge in [0, 0.05) is 17.4 Å². The van der Waals surface area contributed by atoms with Gasteiger partial charge in [0.25, 0.3) is 0 Å². The molecule has 0 saturated carbocycles. The van der Waals surface area contributed by atoms with Crippen LogP contribution in [-0.2, 0) is 4.74 Å². The highest BCUT2D eigenvalue weighted by Crippen LogP contribution is 2.21. The fourth-order valence-electron chi connectivity index (χ4n) is 1.68. The van der Waals surface area contributed by atoms with Crippen LogP contribution in [-0.4, -0.2) is 17.6 Å². The first-order valence-corrected chi connectivity index (χ1v) is 6.27. The molecule has 20 heavy (non-hydrogen) atoms. The Morgan fingerprint density at radius 2 is 2.15 bits per heavy atom. The Balaban J connectivity index is 2.15. The van der Waals surface area contributed by atoms with E-state index in [4.69, 9.17) is 4.74 Å². The molecule has 0 aliphatic carbocycles. The molecule has 1 heterocycles. The summed E-state index contributed by atoms with van der Waals surface area (Å²) in [6.45, 7) is 3.75. The third kappa shape index (κ3) is 3.12. The summed E-state index contributed by atoms with van der Waals surface area (Å²) >= 11 is 0. The third-order valence-electron chi connectivity index (χ3n) is 2.81. The van der Waals surface area contributed by atoms with Gasteiger partial charge in [0.15, 0.2) is 0 Å². The molecule has 2 rings (SSSR count). The lowest BCUT2D eigenvalue weighted by Crippen LogP contribution is -2.05. The molecule has 0 unspecified atom stereocenters. The van der Waals surface area contributed by atoms with E-state index in [1.165, 1.54) is 12.3 Å². The molecule has 4 nitrogen and oxygen atoms in total. The summed E-state index contributed by atoms with van der Waals surface area (Å²) in [6, 6.07) is 8.05. The molecule has 0 amide bonds. The van der Waals surface area contributed by atoms with Crippen LogP contribution in [0.25, 0.3) is 0 Å². The number of ether oxygens (including phenoxy) is 1. The molecular formula is C15H15FN2O2. The van der Waals surface area contributed by atoms with Gasteiger partial charge in [-0.1, -0.05) is 6.07 Å². The second-order valence-electron chi connectivity index (χ2n) is 4.19. The van der Waals surface area contributed by atoms with Crippen molar-refractivity contribution >= 4 is 17.5 Å². The monoisotopic (exact) mass is 274 g/mol. The molecule has 0 bridgehead atoms. The average Bonchev–Trinajstić information content (AvgIpc) is 2.45. The minimum Gasteiger partial charge on any atom is -0.462 e. The number of carbonyl (C=O) groups is 1. The lowest BCUT2D eigenvalue weighted by Gasteiger charge is -2.09. The van der Waals surface area contributed by atoms with Gasteiger partial charge in [0.1, 0.15) is 11.6 Å². The Bertz CT molecular complexity index is 612. The zero-order chi connectivity index (χ0) is 14.5. The molecule has 1 aromatic heterocycles. The van der Waals surface area contributed by atoms with Gasteiger partial charge in [-0.25, -0.2) is 14.2 Å². The number of benzene rings is 1. The number of halogens is 1. The topological polar surface area (TPSA) is 51.2 Å². The molecule has 0 saturated heterocycles. The lowest BCUT2D eigenvalue weighted by atomic mass is 10.2. The van der Waals surface area contributed by atoms with Crippen molar-refractivity contribution in [2.24, 2.45) is 0 Å². The number of aromatic nitrogens is 1. The van der Waals surface area contributed by atoms with Crippen LogP contribution in [0.1, 0.15) is 22.8 Å². The molecule has 0 aliphatic heterocycles. The van der Waals surface area contributed by atoms with Gasteiger partial charge in [-0.05, 0) is 38.1 Å². The van der Waals surface area contributed by atoms with Crippen LogP contribution in [0.5, 0.6) is 0 Å². The zero-order valence-electron chi connectivity index (χ0n) is 11.3. The number of nitrogens with one attached hydrogen (secondary N) is 1. The number of esters is 1. The van der Waals surface area contributed by atoms with Crippen LogP contribution in [0, 0.1) is 12.7 Å². The number of carbonyl (C=O) groups excluding carboxylic acids is 1. The van der Waals surface area contributed by atoms with Crippen molar-refractivity contribution in [3.8, 4) is 0 Å². The highest BCUT2D eigenvalue weighted by Gasteiger charge is 2.08. The highest BCUT2D eigenvalue weighted by molar-refractivity contribution is 5.89. The van der Waals surface area contributed by atoms with Crippen molar-refractivity contribution in [3.63, 3.8) is 0 Å². The van der Waals surface area contributed by atoms with E-state index in [0.717, 1.165) is 0 Å². The highest BCUT2D eigenvalue weighted by atomic mass is 19.1. The van der Waals surface area contributed by atoms with Gasteiger partial charge in [0.2, 0.25) is 0 Å². The van der Waals surface area contributed by atoms with Crippen molar-refractivity contribution in [1.29, 1.82) is 0 Å². The number of pyridine rings is 1. The smallest absolute Gasteiger partial charge is 0.339 e. The van der Waals surface area contributed by atoms with Crippen LogP contribution in [0.15, 0.2) is 36.5 Å². The van der Waals surface area contributed by atoms with Crippen molar-refractivity contribution in [1.82, 2.24) is 4.98 Å². The molecule has 0 aliphatic rings. The molecular weight excluding hydrogens is 259 g/mol. The lowest BCUT2D eigenvalue weighted by molar-refractivity contribution is 0.0526. The van der Waals surface area contributed by atoms with Crippen molar-refractivity contribution in [3.05, 3.63) is 53.5 Å². The number of rotatable bonds is 4. The Hall–Kier alpha value is -2.43. The summed E-state index contributed by atoms with van der Waals surface area (Å²) in [5.41, 5.74) is 1.54. The maximum Gasteiger partial charge on any atom is 0.339 e. The van der Waals surface area contributed by atoms with Crippen LogP contribution >= 0.6 is 0 Å². The number of hydrogen-bond acceptors (Lipinski definition) is 4. The number of nitrogens with zero attached hydrogens (tertiary/aromatic N) is 1. The van der Waals surface area contributed by atoms with Crippen molar-refractivity contribution < 1.29 is 13.9 Å². The Morgan fingerprint density at radius 1 is 1.35 bits per heavy atom. The molecule has 0 spiro atoms. The summed E-state index contributed by atoms with van der Waals surface area (Å²) in [5.74, 6) is -0.154. The van der Waals surface area contributed by atoms with E-state index in [1.54, 1.807) is 38.1 Å². The minimum absolute atomic E-state index is 0.279. The van der Waals surface area contributed by atoms with E-state index < -0.39 is 5.97 Å². The average molecular weight is 274 g/mol. The van der Waals surface area contributed by atoms with Gasteiger partial charge in [-0.3, -0.25) is 0 Å². The van der Waals surface area contributed by atoms with Gasteiger partial charge in [-0.15, -0.1) is 0 Å². The van der Waals surface area contributed by atoms with E-state index in [9.17, 15) is 9.18 Å². The van der Waals surface area contributed by atoms with Gasteiger partial charge in [-0.2, -0.15) is 0 Å². The Kier molecular flexibility index (Phi) is 4.30. The van der Waals surface area contributed by atoms with Crippen LogP contribution in [0.3, 0.4) is 0 Å². The first-order chi connectivity index (χ1) is 9.61. The maximum atomic E-state index is 13.4. The summed E-state index contributed by atoms with van der Waals surface area (Å²) in [6.07, 6.45) is 1.43. The van der Waals surface area contributed by atoms with E-state index in [-0.39, 0.29) is 5.82 Å². The quantitative estimate of drug-likeness (QED) is 0.868. The fraction of sp³-hybridized carbons (Fsp3) is 0.200. The predicted molar refractivity (Wildman–Crippen MR) is 74.6 cm³/mol. The second-order valence-corrected chi connectivity index (χ2v) is 4.19. The largest absolute Gasteiger partial charge is 0.462 e. The molecule has 0 fully saturated rings. The first kappa shape index (κ1) is 14.0. The van der Waals surface area contributed by atoms with E-state index in [2.05, 4.69) is 10.3 Å². The summed E-state index contributed by atoms with van der Waals surface area (Å²) in [5, 5.41) is 3.01. The number of hydrogen-bond donors (Lipinski definition) is 1. The zero-order valence-corrected chi connectivity index (χ0v) is 11.3. The van der Waals surface area contributed by atoms with E-state index in [0.29, 0.717) is 29.2 Å². The van der Waals surface area contributed by atoms with E-state index in [1.807, 2.05) is 0 Å². The molecule has 1 aromatic carbocycles. The molecule has 0 atom stereocenters. The van der Waals surface area contributed by atoms with Gasteiger partial charge in [0.05, 0.1) is 12.2 Å². The van der Waals surface area contributed by atoms with Crippen molar-refractivity contribution in [2.75, 3.05) is 11.9 Å². The normalized spacial score (nSPS) is 10.2. The Labute approximate surface area is 116 Å². The van der Waals surface area contributed by atoms with Gasteiger partial charge >= 0.3 is 5.97 Å². The Morgan fingerprint density at radius 3 is 2.80 bits per heavy atom. The van der Waals surface area contributed by atoms with E-state index >= 15 is 0 Å². The summed E-state index contributed by atoms with van der Waals surface area (Å²) in [7, 11) is 0. The van der Waals surface area contributed by atoms with Gasteiger partial charge < -0.3 is 10.1 Å². The first-order valence-electron chi connectivity index (χ1n) is 6.27. The fourth-order valence-corrected chi connectivity index (χ4v) is 1.68. The molecule has 5 heteroatoms. The van der Waals surface area contributed by atoms with Crippen LogP contribution in [0.4, 0.5) is 15.9 Å². The summed E-state index contributed by atoms with van der Waals surface area (Å²) < 4.78 is 18.3. The maximum absolute atomic E-state index is 13.4. The minimum atomic E-state index is -0.409. The standard InChI is InChI=1S/C15H15FN2O2/c1-3-20-15(19)11-7-8-14(17-9-11)18-13-6-4-5-12(16)10(13)2/h4-9H,3H2,1-2H3,(H,17,18). The molecule has 0 radical (unpaired) electrons. The van der Waals surface area contributed by atoms with Crippen LogP contribution in [0.2, 0.25) is 0 Å². The molecule has 104 valence electrons. The number of anilines is 2. The third-order valence-corrected chi connectivity index (χ3v) is 2.81. The molecule has 1 N–H and O–H groups in total. The predicted octanol–water partition coefficient (Wildman–Crippen LogP) is 3.45. The molecule has 2 aromatic rings. The SMILES string of the molecule is CCOC(=O)c1ccc(Nc2cccc(F)c2C)nc1. The second kappa shape index (κ2) is 6.14. The van der Waals surface area contributed by atoms with Crippen LogP contribution < -0.4 is 5.32 Å². The summed E-state index contributed by atoms with van der Waals surface area (Å²) in [4.78, 5) is 15.6. The van der Waals surface area contributed by atoms with Crippen molar-refractivity contribution in [2.45, 2.75) is 13.8 Å².